The minimum atomic E-state index is -3.49. The van der Waals surface area contributed by atoms with Crippen LogP contribution in [-0.2, 0) is 10.0 Å². The largest absolute Gasteiger partial charge is 0.330 e. The second kappa shape index (κ2) is 5.38. The Kier molecular flexibility index (Phi) is 4.04. The van der Waals surface area contributed by atoms with Crippen LogP contribution < -0.4 is 10.5 Å². The molecule has 1 aromatic rings. The van der Waals surface area contributed by atoms with E-state index in [-0.39, 0.29) is 16.9 Å². The number of aromatic amines is 1. The fraction of sp³-hybridized carbons (Fsp3) is 0.727. The fourth-order valence-corrected chi connectivity index (χ4v) is 3.99. The molecule has 0 aromatic carbocycles. The van der Waals surface area contributed by atoms with Crippen molar-refractivity contribution in [3.8, 4) is 0 Å². The summed E-state index contributed by atoms with van der Waals surface area (Å²) in [7, 11) is -3.49. The van der Waals surface area contributed by atoms with Crippen LogP contribution in [0.4, 0.5) is 0 Å². The zero-order chi connectivity index (χ0) is 13.2. The van der Waals surface area contributed by atoms with Crippen molar-refractivity contribution in [2.24, 2.45) is 11.7 Å². The van der Waals surface area contributed by atoms with Gasteiger partial charge in [-0.25, -0.2) is 13.1 Å². The first kappa shape index (κ1) is 13.5. The van der Waals surface area contributed by atoms with Crippen molar-refractivity contribution in [1.82, 2.24) is 14.9 Å². The van der Waals surface area contributed by atoms with Gasteiger partial charge in [-0.15, -0.1) is 0 Å². The highest BCUT2D eigenvalue weighted by atomic mass is 32.2. The van der Waals surface area contributed by atoms with Gasteiger partial charge < -0.3 is 5.73 Å². The number of hydrogen-bond acceptors (Lipinski definition) is 4. The summed E-state index contributed by atoms with van der Waals surface area (Å²) in [5, 5.41) is 6.39. The van der Waals surface area contributed by atoms with E-state index in [9.17, 15) is 8.42 Å². The highest BCUT2D eigenvalue weighted by Gasteiger charge is 2.29. The lowest BCUT2D eigenvalue weighted by Gasteiger charge is -2.30. The Morgan fingerprint density at radius 1 is 1.50 bits per heavy atom. The predicted octanol–water partition coefficient (Wildman–Crippen LogP) is 0.514. The Hall–Kier alpha value is -0.920. The fourth-order valence-electron chi connectivity index (χ4n) is 2.52. The van der Waals surface area contributed by atoms with Crippen molar-refractivity contribution in [2.45, 2.75) is 43.5 Å². The first-order valence-corrected chi connectivity index (χ1v) is 7.75. The average Bonchev–Trinajstić information content (AvgIpc) is 2.76. The summed E-state index contributed by atoms with van der Waals surface area (Å²) in [4.78, 5) is 0.226. The molecule has 0 bridgehead atoms. The summed E-state index contributed by atoms with van der Waals surface area (Å²) < 4.78 is 27.2. The highest BCUT2D eigenvalue weighted by Crippen LogP contribution is 2.25. The number of nitrogens with two attached hydrogens (primary N) is 1. The first-order valence-electron chi connectivity index (χ1n) is 6.27. The third-order valence-corrected chi connectivity index (χ3v) is 5.20. The number of H-pyrrole nitrogens is 1. The molecule has 4 N–H and O–H groups in total. The summed E-state index contributed by atoms with van der Waals surface area (Å²) in [6, 6.07) is -0.0527. The molecule has 102 valence electrons. The van der Waals surface area contributed by atoms with Crippen molar-refractivity contribution >= 4 is 10.0 Å². The maximum atomic E-state index is 12.2. The van der Waals surface area contributed by atoms with E-state index in [4.69, 9.17) is 5.73 Å². The maximum absolute atomic E-state index is 12.2. The Labute approximate surface area is 107 Å². The van der Waals surface area contributed by atoms with Crippen molar-refractivity contribution in [3.63, 3.8) is 0 Å². The maximum Gasteiger partial charge on any atom is 0.244 e. The third kappa shape index (κ3) is 2.73. The molecule has 1 fully saturated rings. The molecule has 2 rings (SSSR count). The second-order valence-corrected chi connectivity index (χ2v) is 6.55. The zero-order valence-corrected chi connectivity index (χ0v) is 11.3. The monoisotopic (exact) mass is 272 g/mol. The normalized spacial score (nSPS) is 25.2. The third-order valence-electron chi connectivity index (χ3n) is 3.59. The smallest absolute Gasteiger partial charge is 0.244 e. The van der Waals surface area contributed by atoms with Gasteiger partial charge in [0.2, 0.25) is 10.0 Å². The van der Waals surface area contributed by atoms with E-state index < -0.39 is 10.0 Å². The Bertz CT molecular complexity index is 497. The number of rotatable bonds is 4. The van der Waals surface area contributed by atoms with E-state index >= 15 is 0 Å². The van der Waals surface area contributed by atoms with Crippen LogP contribution in [0.15, 0.2) is 11.1 Å². The number of aromatic nitrogens is 2. The van der Waals surface area contributed by atoms with Crippen LogP contribution in [0, 0.1) is 12.8 Å². The summed E-state index contributed by atoms with van der Waals surface area (Å²) in [5.41, 5.74) is 6.27. The van der Waals surface area contributed by atoms with E-state index in [1.807, 2.05) is 0 Å². The number of nitrogens with zero attached hydrogens (tertiary/aromatic N) is 1. The minimum absolute atomic E-state index is 0.0527. The van der Waals surface area contributed by atoms with E-state index in [2.05, 4.69) is 14.9 Å². The molecule has 0 spiro atoms. The van der Waals surface area contributed by atoms with Crippen LogP contribution in [0.3, 0.4) is 0 Å². The van der Waals surface area contributed by atoms with Gasteiger partial charge in [0.1, 0.15) is 4.90 Å². The van der Waals surface area contributed by atoms with Crippen molar-refractivity contribution in [3.05, 3.63) is 11.9 Å². The van der Waals surface area contributed by atoms with Gasteiger partial charge in [0.15, 0.2) is 0 Å². The molecule has 18 heavy (non-hydrogen) atoms. The lowest BCUT2D eigenvalue weighted by molar-refractivity contribution is 0.296. The number of aryl methyl sites for hydroxylation is 1. The van der Waals surface area contributed by atoms with Gasteiger partial charge in [-0.2, -0.15) is 5.10 Å². The molecule has 0 radical (unpaired) electrons. The molecule has 0 unspecified atom stereocenters. The van der Waals surface area contributed by atoms with E-state index in [0.29, 0.717) is 12.2 Å². The molecule has 0 aliphatic heterocycles. The first-order chi connectivity index (χ1) is 8.54. The highest BCUT2D eigenvalue weighted by molar-refractivity contribution is 7.89. The predicted molar refractivity (Wildman–Crippen MR) is 68.4 cm³/mol. The van der Waals surface area contributed by atoms with Gasteiger partial charge >= 0.3 is 0 Å². The second-order valence-electron chi connectivity index (χ2n) is 4.87. The summed E-state index contributed by atoms with van der Waals surface area (Å²) in [6.45, 7) is 2.22. The zero-order valence-electron chi connectivity index (χ0n) is 10.5. The molecule has 0 amide bonds. The lowest BCUT2D eigenvalue weighted by atomic mass is 9.85. The van der Waals surface area contributed by atoms with Gasteiger partial charge in [-0.3, -0.25) is 5.10 Å². The van der Waals surface area contributed by atoms with Gasteiger partial charge in [0.05, 0.1) is 11.9 Å². The van der Waals surface area contributed by atoms with Gasteiger partial charge in [0.25, 0.3) is 0 Å². The quantitative estimate of drug-likeness (QED) is 0.743. The summed E-state index contributed by atoms with van der Waals surface area (Å²) in [5.74, 6) is 0.237. The average molecular weight is 272 g/mol. The van der Waals surface area contributed by atoms with Crippen molar-refractivity contribution < 1.29 is 8.42 Å². The van der Waals surface area contributed by atoms with Crippen LogP contribution in [0.1, 0.15) is 31.4 Å². The number of hydrogen-bond donors (Lipinski definition) is 3. The summed E-state index contributed by atoms with van der Waals surface area (Å²) in [6.07, 6.45) is 5.38. The molecule has 0 saturated heterocycles. The molecule has 1 aliphatic rings. The van der Waals surface area contributed by atoms with Crippen molar-refractivity contribution in [2.75, 3.05) is 6.54 Å². The summed E-state index contributed by atoms with van der Waals surface area (Å²) >= 11 is 0. The SMILES string of the molecule is Cc1[nH]ncc1S(=O)(=O)N[C@@H]1CCCC[C@@H]1CN. The topological polar surface area (TPSA) is 101 Å². The number of sulfonamides is 1. The Morgan fingerprint density at radius 2 is 2.22 bits per heavy atom. The molecule has 2 atom stereocenters. The molecule has 7 heteroatoms. The van der Waals surface area contributed by atoms with Crippen LogP contribution in [0.5, 0.6) is 0 Å². The Morgan fingerprint density at radius 3 is 2.83 bits per heavy atom. The van der Waals surface area contributed by atoms with Crippen molar-refractivity contribution in [1.29, 1.82) is 0 Å². The van der Waals surface area contributed by atoms with Crippen LogP contribution >= 0.6 is 0 Å². The van der Waals surface area contributed by atoms with E-state index in [1.165, 1.54) is 6.20 Å². The molecule has 6 nitrogen and oxygen atoms in total. The van der Waals surface area contributed by atoms with Gasteiger partial charge in [0, 0.05) is 6.04 Å². The van der Waals surface area contributed by atoms with E-state index in [1.54, 1.807) is 6.92 Å². The standard InChI is InChI=1S/C11H20N4O2S/c1-8-11(7-13-14-8)18(16,17)15-10-5-3-2-4-9(10)6-12/h7,9-10,15H,2-6,12H2,1H3,(H,13,14)/t9-,10-/m1/s1. The van der Waals surface area contributed by atoms with Crippen LogP contribution in [0.2, 0.25) is 0 Å². The lowest BCUT2D eigenvalue weighted by Crippen LogP contribution is -2.44. The Balaban J connectivity index is 2.15. The molecular weight excluding hydrogens is 252 g/mol. The number of nitrogens with one attached hydrogen (secondary N) is 2. The van der Waals surface area contributed by atoms with Crippen LogP contribution in [-0.4, -0.2) is 31.2 Å². The van der Waals surface area contributed by atoms with Crippen LogP contribution in [0.25, 0.3) is 0 Å². The molecule has 1 aromatic heterocycles. The molecule has 1 heterocycles. The molecule has 1 saturated carbocycles. The molecular formula is C11H20N4O2S. The van der Waals surface area contributed by atoms with Gasteiger partial charge in [-0.1, -0.05) is 12.8 Å². The van der Waals surface area contributed by atoms with E-state index in [0.717, 1.165) is 25.7 Å². The van der Waals surface area contributed by atoms with Gasteiger partial charge in [-0.05, 0) is 32.2 Å². The minimum Gasteiger partial charge on any atom is -0.330 e. The molecule has 1 aliphatic carbocycles.